The van der Waals surface area contributed by atoms with Gasteiger partial charge in [-0.3, -0.25) is 9.59 Å². The molecule has 4 heteroatoms. The Morgan fingerprint density at radius 3 is 2.94 bits per heavy atom. The molecule has 0 fully saturated rings. The summed E-state index contributed by atoms with van der Waals surface area (Å²) in [7, 11) is 0. The molecule has 0 aromatic heterocycles. The maximum atomic E-state index is 12.2. The number of carbonyl (C=O) groups is 2. The van der Waals surface area contributed by atoms with Crippen LogP contribution in [0.3, 0.4) is 0 Å². The average molecular weight is 214 g/mol. The first-order valence-corrected chi connectivity index (χ1v) is 5.15. The first-order chi connectivity index (χ1) is 7.77. The third-order valence-electron chi connectivity index (χ3n) is 2.90. The number of carbonyl (C=O) groups excluding carboxylic acids is 2. The molecule has 2 heterocycles. The van der Waals surface area contributed by atoms with Gasteiger partial charge in [0.1, 0.15) is 6.04 Å². The van der Waals surface area contributed by atoms with Gasteiger partial charge in [0.2, 0.25) is 0 Å². The highest BCUT2D eigenvalue weighted by Gasteiger charge is 2.35. The molecule has 2 aliphatic rings. The van der Waals surface area contributed by atoms with Gasteiger partial charge >= 0.3 is 0 Å². The number of anilines is 1. The Hall–Kier alpha value is -2.10. The van der Waals surface area contributed by atoms with Gasteiger partial charge < -0.3 is 10.2 Å². The number of para-hydroxylation sites is 1. The predicted molar refractivity (Wildman–Crippen MR) is 59.0 cm³/mol. The molecule has 0 bridgehead atoms. The lowest BCUT2D eigenvalue weighted by molar-refractivity contribution is -0.118. The fourth-order valence-electron chi connectivity index (χ4n) is 2.10. The van der Waals surface area contributed by atoms with Crippen LogP contribution in [0.1, 0.15) is 10.4 Å². The summed E-state index contributed by atoms with van der Waals surface area (Å²) in [6, 6.07) is 6.63. The SMILES string of the molecule is O=C1Nc2ccccc2C(=O)N2CC=CC12. The summed E-state index contributed by atoms with van der Waals surface area (Å²) in [4.78, 5) is 25.6. The molecule has 4 nitrogen and oxygen atoms in total. The fourth-order valence-corrected chi connectivity index (χ4v) is 2.10. The van der Waals surface area contributed by atoms with E-state index < -0.39 is 6.04 Å². The molecular weight excluding hydrogens is 204 g/mol. The van der Waals surface area contributed by atoms with E-state index in [0.29, 0.717) is 17.8 Å². The highest BCUT2D eigenvalue weighted by atomic mass is 16.2. The van der Waals surface area contributed by atoms with Crippen LogP contribution < -0.4 is 5.32 Å². The largest absolute Gasteiger partial charge is 0.323 e. The van der Waals surface area contributed by atoms with Crippen LogP contribution in [-0.2, 0) is 4.79 Å². The van der Waals surface area contributed by atoms with Gasteiger partial charge in [-0.25, -0.2) is 0 Å². The highest BCUT2D eigenvalue weighted by Crippen LogP contribution is 2.25. The molecule has 3 rings (SSSR count). The summed E-state index contributed by atoms with van der Waals surface area (Å²) in [6.45, 7) is 0.505. The number of hydrogen-bond donors (Lipinski definition) is 1. The number of fused-ring (bicyclic) bond motifs is 2. The molecule has 0 aliphatic carbocycles. The monoisotopic (exact) mass is 214 g/mol. The van der Waals surface area contributed by atoms with Crippen molar-refractivity contribution in [2.75, 3.05) is 11.9 Å². The van der Waals surface area contributed by atoms with Gasteiger partial charge in [0.15, 0.2) is 0 Å². The standard InChI is InChI=1S/C12H10N2O2/c15-11-10-6-3-7-14(10)12(16)8-4-1-2-5-9(8)13-11/h1-6,10H,7H2,(H,13,15). The van der Waals surface area contributed by atoms with Gasteiger partial charge in [-0.15, -0.1) is 0 Å². The quantitative estimate of drug-likeness (QED) is 0.655. The van der Waals surface area contributed by atoms with Crippen molar-refractivity contribution in [1.29, 1.82) is 0 Å². The third kappa shape index (κ3) is 1.16. The minimum absolute atomic E-state index is 0.0936. The molecule has 1 atom stereocenters. The molecular formula is C12H10N2O2. The molecule has 1 aromatic carbocycles. The molecule has 1 unspecified atom stereocenters. The van der Waals surface area contributed by atoms with E-state index in [1.165, 1.54) is 0 Å². The molecule has 0 saturated carbocycles. The molecule has 0 radical (unpaired) electrons. The Bertz CT molecular complexity index is 507. The van der Waals surface area contributed by atoms with Crippen LogP contribution in [-0.4, -0.2) is 29.3 Å². The van der Waals surface area contributed by atoms with Crippen molar-refractivity contribution in [2.45, 2.75) is 6.04 Å². The first kappa shape index (κ1) is 9.15. The molecule has 1 aromatic rings. The zero-order chi connectivity index (χ0) is 11.1. The minimum Gasteiger partial charge on any atom is -0.323 e. The summed E-state index contributed by atoms with van der Waals surface area (Å²) in [5, 5.41) is 2.77. The van der Waals surface area contributed by atoms with E-state index in [1.54, 1.807) is 35.2 Å². The number of rotatable bonds is 0. The molecule has 1 N–H and O–H groups in total. The average Bonchev–Trinajstić information content (AvgIpc) is 2.74. The Kier molecular flexibility index (Phi) is 1.83. The maximum Gasteiger partial charge on any atom is 0.257 e. The topological polar surface area (TPSA) is 49.4 Å². The van der Waals surface area contributed by atoms with E-state index in [2.05, 4.69) is 5.32 Å². The van der Waals surface area contributed by atoms with E-state index in [-0.39, 0.29) is 11.8 Å². The van der Waals surface area contributed by atoms with Crippen LogP contribution in [0.5, 0.6) is 0 Å². The summed E-state index contributed by atoms with van der Waals surface area (Å²) in [6.07, 6.45) is 3.61. The summed E-state index contributed by atoms with van der Waals surface area (Å²) in [5.74, 6) is -0.240. The normalized spacial score (nSPS) is 22.5. The van der Waals surface area contributed by atoms with Crippen LogP contribution in [0.25, 0.3) is 0 Å². The molecule has 80 valence electrons. The number of amides is 2. The van der Waals surface area contributed by atoms with E-state index in [9.17, 15) is 9.59 Å². The van der Waals surface area contributed by atoms with Crippen molar-refractivity contribution >= 4 is 17.5 Å². The second-order valence-corrected chi connectivity index (χ2v) is 3.87. The zero-order valence-electron chi connectivity index (χ0n) is 8.51. The van der Waals surface area contributed by atoms with Crippen LogP contribution in [0.2, 0.25) is 0 Å². The first-order valence-electron chi connectivity index (χ1n) is 5.15. The Morgan fingerprint density at radius 2 is 2.06 bits per heavy atom. The van der Waals surface area contributed by atoms with Gasteiger partial charge in [0, 0.05) is 6.54 Å². The number of nitrogens with zero attached hydrogens (tertiary/aromatic N) is 1. The van der Waals surface area contributed by atoms with Gasteiger partial charge in [-0.1, -0.05) is 24.3 Å². The predicted octanol–water partition coefficient (Wildman–Crippen LogP) is 1.02. The Balaban J connectivity index is 2.13. The number of hydrogen-bond acceptors (Lipinski definition) is 2. The second kappa shape index (κ2) is 3.20. The van der Waals surface area contributed by atoms with Gasteiger partial charge in [-0.2, -0.15) is 0 Å². The van der Waals surface area contributed by atoms with E-state index in [4.69, 9.17) is 0 Å². The van der Waals surface area contributed by atoms with E-state index >= 15 is 0 Å². The van der Waals surface area contributed by atoms with Crippen molar-refractivity contribution in [2.24, 2.45) is 0 Å². The highest BCUT2D eigenvalue weighted by molar-refractivity contribution is 6.10. The molecule has 2 amide bonds. The van der Waals surface area contributed by atoms with Crippen molar-refractivity contribution in [3.63, 3.8) is 0 Å². The summed E-state index contributed by atoms with van der Waals surface area (Å²) >= 11 is 0. The lowest BCUT2D eigenvalue weighted by Gasteiger charge is -2.19. The van der Waals surface area contributed by atoms with Crippen LogP contribution in [0, 0.1) is 0 Å². The minimum atomic E-state index is -0.458. The molecule has 2 aliphatic heterocycles. The van der Waals surface area contributed by atoms with Crippen molar-refractivity contribution in [3.8, 4) is 0 Å². The maximum absolute atomic E-state index is 12.2. The van der Waals surface area contributed by atoms with Crippen LogP contribution >= 0.6 is 0 Å². The Labute approximate surface area is 92.6 Å². The van der Waals surface area contributed by atoms with Gasteiger partial charge in [0.25, 0.3) is 11.8 Å². The van der Waals surface area contributed by atoms with Crippen LogP contribution in [0.4, 0.5) is 5.69 Å². The van der Waals surface area contributed by atoms with Gasteiger partial charge in [0.05, 0.1) is 11.3 Å². The second-order valence-electron chi connectivity index (χ2n) is 3.87. The lowest BCUT2D eigenvalue weighted by Crippen LogP contribution is -2.40. The third-order valence-corrected chi connectivity index (χ3v) is 2.90. The smallest absolute Gasteiger partial charge is 0.257 e. The van der Waals surface area contributed by atoms with Gasteiger partial charge in [-0.05, 0) is 12.1 Å². The van der Waals surface area contributed by atoms with Crippen LogP contribution in [0.15, 0.2) is 36.4 Å². The fraction of sp³-hybridized carbons (Fsp3) is 0.167. The van der Waals surface area contributed by atoms with E-state index in [1.807, 2.05) is 6.08 Å². The molecule has 0 spiro atoms. The van der Waals surface area contributed by atoms with E-state index in [0.717, 1.165) is 0 Å². The summed E-state index contributed by atoms with van der Waals surface area (Å²) in [5.41, 5.74) is 1.15. The van der Waals surface area contributed by atoms with Crippen molar-refractivity contribution in [3.05, 3.63) is 42.0 Å². The Morgan fingerprint density at radius 1 is 1.25 bits per heavy atom. The number of nitrogens with one attached hydrogen (secondary N) is 1. The molecule has 0 saturated heterocycles. The van der Waals surface area contributed by atoms with Crippen molar-refractivity contribution < 1.29 is 9.59 Å². The number of benzene rings is 1. The molecule has 16 heavy (non-hydrogen) atoms. The lowest BCUT2D eigenvalue weighted by atomic mass is 10.1. The zero-order valence-corrected chi connectivity index (χ0v) is 8.51. The van der Waals surface area contributed by atoms with Crippen molar-refractivity contribution in [1.82, 2.24) is 4.90 Å². The summed E-state index contributed by atoms with van der Waals surface area (Å²) < 4.78 is 0.